The van der Waals surface area contributed by atoms with E-state index in [1.807, 2.05) is 6.07 Å². The van der Waals surface area contributed by atoms with E-state index in [2.05, 4.69) is 10.4 Å². The van der Waals surface area contributed by atoms with Crippen LogP contribution < -0.4 is 16.1 Å². The third kappa shape index (κ3) is 3.87. The second-order valence-electron chi connectivity index (χ2n) is 5.73. The van der Waals surface area contributed by atoms with Crippen molar-refractivity contribution in [3.8, 4) is 0 Å². The first-order chi connectivity index (χ1) is 12.9. The minimum atomic E-state index is -0.798. The Kier molecular flexibility index (Phi) is 5.04. The molecule has 1 unspecified atom stereocenters. The molecule has 1 atom stereocenters. The number of hydrogen-bond donors (Lipinski definition) is 2. The molecule has 27 heavy (non-hydrogen) atoms. The smallest absolute Gasteiger partial charge is 0.289 e. The average Bonchev–Trinajstić information content (AvgIpc) is 3.10. The highest BCUT2D eigenvalue weighted by molar-refractivity contribution is 6.44. The maximum Gasteiger partial charge on any atom is 0.289 e. The molecule has 0 saturated heterocycles. The van der Waals surface area contributed by atoms with E-state index >= 15 is 0 Å². The van der Waals surface area contributed by atoms with Gasteiger partial charge in [-0.15, -0.1) is 0 Å². The van der Waals surface area contributed by atoms with Crippen molar-refractivity contribution >= 4 is 46.2 Å². The summed E-state index contributed by atoms with van der Waals surface area (Å²) in [5, 5.41) is 19.0. The molecule has 2 amide bonds. The number of rotatable bonds is 5. The Balaban J connectivity index is 1.83. The van der Waals surface area contributed by atoms with Gasteiger partial charge in [-0.05, 0) is 24.3 Å². The summed E-state index contributed by atoms with van der Waals surface area (Å²) in [6, 6.07) is 11.9. The number of halogens is 1. The molecule has 0 aromatic heterocycles. The molecule has 0 saturated carbocycles. The summed E-state index contributed by atoms with van der Waals surface area (Å²) in [4.78, 5) is 34.6. The molecule has 2 aromatic rings. The highest BCUT2D eigenvalue weighted by atomic mass is 35.5. The molecule has 10 heteroatoms. The van der Waals surface area contributed by atoms with Crippen molar-refractivity contribution in [2.75, 3.05) is 10.3 Å². The van der Waals surface area contributed by atoms with E-state index in [0.717, 1.165) is 6.07 Å². The summed E-state index contributed by atoms with van der Waals surface area (Å²) >= 11 is 5.76. The Bertz CT molecular complexity index is 948. The van der Waals surface area contributed by atoms with E-state index in [-0.39, 0.29) is 28.5 Å². The number of hydrazone groups is 1. The van der Waals surface area contributed by atoms with E-state index in [0.29, 0.717) is 5.69 Å². The number of benzene rings is 2. The Morgan fingerprint density at radius 3 is 2.59 bits per heavy atom. The number of nitrogens with one attached hydrogen (secondary N) is 1. The van der Waals surface area contributed by atoms with Crippen LogP contribution in [0.5, 0.6) is 0 Å². The summed E-state index contributed by atoms with van der Waals surface area (Å²) in [6.07, 6.45) is 0.0196. The first kappa shape index (κ1) is 18.3. The predicted octanol–water partition coefficient (Wildman–Crippen LogP) is 2.31. The molecule has 3 N–H and O–H groups in total. The summed E-state index contributed by atoms with van der Waals surface area (Å²) < 4.78 is 0. The van der Waals surface area contributed by atoms with E-state index in [1.165, 1.54) is 17.1 Å². The molecule has 1 aliphatic rings. The van der Waals surface area contributed by atoms with Crippen LogP contribution in [-0.4, -0.2) is 28.5 Å². The van der Waals surface area contributed by atoms with E-state index in [9.17, 15) is 19.7 Å². The van der Waals surface area contributed by atoms with Crippen molar-refractivity contribution < 1.29 is 14.5 Å². The number of primary amides is 1. The van der Waals surface area contributed by atoms with Crippen molar-refractivity contribution in [2.45, 2.75) is 12.5 Å². The number of para-hydroxylation sites is 1. The Morgan fingerprint density at radius 2 is 1.96 bits per heavy atom. The number of anilines is 2. The molecular weight excluding hydrogens is 374 g/mol. The molecule has 1 heterocycles. The van der Waals surface area contributed by atoms with Gasteiger partial charge in [-0.1, -0.05) is 29.8 Å². The lowest BCUT2D eigenvalue weighted by atomic mass is 10.1. The van der Waals surface area contributed by atoms with Gasteiger partial charge in [0.15, 0.2) is 0 Å². The van der Waals surface area contributed by atoms with Gasteiger partial charge in [0.05, 0.1) is 10.6 Å². The maximum absolute atomic E-state index is 12.5. The number of hydrogen-bond acceptors (Lipinski definition) is 6. The minimum absolute atomic E-state index is 0.0196. The van der Waals surface area contributed by atoms with Crippen molar-refractivity contribution in [3.63, 3.8) is 0 Å². The van der Waals surface area contributed by atoms with Gasteiger partial charge >= 0.3 is 0 Å². The van der Waals surface area contributed by atoms with Gasteiger partial charge in [0, 0.05) is 18.2 Å². The quantitative estimate of drug-likeness (QED) is 0.600. The van der Waals surface area contributed by atoms with Crippen molar-refractivity contribution in [1.29, 1.82) is 0 Å². The van der Waals surface area contributed by atoms with Crippen LogP contribution in [0.1, 0.15) is 6.42 Å². The van der Waals surface area contributed by atoms with Crippen LogP contribution in [0.4, 0.5) is 17.1 Å². The average molecular weight is 388 g/mol. The van der Waals surface area contributed by atoms with Gasteiger partial charge in [0.2, 0.25) is 5.91 Å². The number of nitro groups is 1. The van der Waals surface area contributed by atoms with Crippen LogP contribution in [0.2, 0.25) is 5.02 Å². The fourth-order valence-corrected chi connectivity index (χ4v) is 2.81. The zero-order valence-electron chi connectivity index (χ0n) is 13.8. The first-order valence-electron chi connectivity index (χ1n) is 7.83. The van der Waals surface area contributed by atoms with Crippen molar-refractivity contribution in [1.82, 2.24) is 0 Å². The minimum Gasteiger partial charge on any atom is -0.368 e. The van der Waals surface area contributed by atoms with Crippen LogP contribution in [-0.2, 0) is 9.59 Å². The SMILES string of the molecule is NC(=O)C1CC(C(=O)Nc2ccc(Cl)c([N+](=O)[O-])c2)=NN1c1ccccc1. The molecule has 0 bridgehead atoms. The lowest BCUT2D eigenvalue weighted by Gasteiger charge is -2.20. The highest BCUT2D eigenvalue weighted by Crippen LogP contribution is 2.28. The fourth-order valence-electron chi connectivity index (χ4n) is 2.62. The second kappa shape index (κ2) is 7.42. The third-order valence-electron chi connectivity index (χ3n) is 3.92. The van der Waals surface area contributed by atoms with Crippen LogP contribution in [0.25, 0.3) is 0 Å². The molecule has 0 fully saturated rings. The monoisotopic (exact) mass is 387 g/mol. The number of amides is 2. The molecule has 0 aliphatic carbocycles. The van der Waals surface area contributed by atoms with E-state index < -0.39 is 22.8 Å². The molecular formula is C17H14ClN5O4. The second-order valence-corrected chi connectivity index (χ2v) is 6.13. The first-order valence-corrected chi connectivity index (χ1v) is 8.21. The molecule has 3 rings (SSSR count). The molecule has 1 aliphatic heterocycles. The third-order valence-corrected chi connectivity index (χ3v) is 4.24. The summed E-state index contributed by atoms with van der Waals surface area (Å²) in [6.45, 7) is 0. The molecule has 2 aromatic carbocycles. The van der Waals surface area contributed by atoms with Gasteiger partial charge < -0.3 is 11.1 Å². The normalized spacial score (nSPS) is 16.0. The molecule has 9 nitrogen and oxygen atoms in total. The Morgan fingerprint density at radius 1 is 1.26 bits per heavy atom. The van der Waals surface area contributed by atoms with Gasteiger partial charge in [-0.2, -0.15) is 5.10 Å². The zero-order chi connectivity index (χ0) is 19.6. The van der Waals surface area contributed by atoms with E-state index in [1.54, 1.807) is 24.3 Å². The van der Waals surface area contributed by atoms with Crippen LogP contribution in [0.3, 0.4) is 0 Å². The van der Waals surface area contributed by atoms with Gasteiger partial charge in [0.25, 0.3) is 11.6 Å². The lowest BCUT2D eigenvalue weighted by Crippen LogP contribution is -2.39. The zero-order valence-corrected chi connectivity index (χ0v) is 14.6. The number of carbonyl (C=O) groups excluding carboxylic acids is 2. The maximum atomic E-state index is 12.5. The van der Waals surface area contributed by atoms with Crippen molar-refractivity contribution in [3.05, 3.63) is 63.7 Å². The topological polar surface area (TPSA) is 131 Å². The highest BCUT2D eigenvalue weighted by Gasteiger charge is 2.35. The predicted molar refractivity (Wildman–Crippen MR) is 101 cm³/mol. The summed E-state index contributed by atoms with van der Waals surface area (Å²) in [5.41, 5.74) is 5.99. The number of carbonyl (C=O) groups is 2. The number of nitrogens with two attached hydrogens (primary N) is 1. The molecule has 138 valence electrons. The van der Waals surface area contributed by atoms with E-state index in [4.69, 9.17) is 17.3 Å². The lowest BCUT2D eigenvalue weighted by molar-refractivity contribution is -0.384. The van der Waals surface area contributed by atoms with Gasteiger partial charge in [-0.3, -0.25) is 24.7 Å². The van der Waals surface area contributed by atoms with Crippen LogP contribution >= 0.6 is 11.6 Å². The summed E-state index contributed by atoms with van der Waals surface area (Å²) in [5.74, 6) is -1.20. The van der Waals surface area contributed by atoms with Gasteiger partial charge in [0.1, 0.15) is 16.8 Å². The summed E-state index contributed by atoms with van der Waals surface area (Å²) in [7, 11) is 0. The van der Waals surface area contributed by atoms with Crippen LogP contribution in [0.15, 0.2) is 53.6 Å². The van der Waals surface area contributed by atoms with Gasteiger partial charge in [-0.25, -0.2) is 0 Å². The largest absolute Gasteiger partial charge is 0.368 e. The molecule has 0 radical (unpaired) electrons. The number of nitrogens with zero attached hydrogens (tertiary/aromatic N) is 3. The standard InChI is InChI=1S/C17H14ClN5O4/c18-12-7-6-10(8-14(12)23(26)27)20-17(25)13-9-15(16(19)24)22(21-13)11-4-2-1-3-5-11/h1-8,15H,9H2,(H2,19,24)(H,20,25). The fraction of sp³-hybridized carbons (Fsp3) is 0.118. The Labute approximate surface area is 158 Å². The van der Waals surface area contributed by atoms with Crippen molar-refractivity contribution in [2.24, 2.45) is 10.8 Å². The number of nitro benzene ring substituents is 1. The Hall–Kier alpha value is -3.46. The molecule has 0 spiro atoms. The van der Waals surface area contributed by atoms with Crippen LogP contribution in [0, 0.1) is 10.1 Å².